The van der Waals surface area contributed by atoms with E-state index in [-0.39, 0.29) is 17.6 Å². The van der Waals surface area contributed by atoms with Crippen LogP contribution in [0, 0.1) is 5.92 Å². The van der Waals surface area contributed by atoms with E-state index < -0.39 is 10.0 Å². The summed E-state index contributed by atoms with van der Waals surface area (Å²) in [5.41, 5.74) is 0.922. The first-order valence-electron chi connectivity index (χ1n) is 10.5. The van der Waals surface area contributed by atoms with Gasteiger partial charge in [0.1, 0.15) is 0 Å². The highest BCUT2D eigenvalue weighted by Gasteiger charge is 2.34. The van der Waals surface area contributed by atoms with Crippen LogP contribution in [0.4, 0.5) is 0 Å². The molecule has 2 amide bonds. The number of carbonyl (C=O) groups excluding carboxylic acids is 2. The molecule has 0 aromatic heterocycles. The van der Waals surface area contributed by atoms with Crippen molar-refractivity contribution in [1.82, 2.24) is 9.79 Å². The third kappa shape index (κ3) is 6.10. The topological polar surface area (TPSA) is 92.8 Å². The third-order valence-corrected chi connectivity index (χ3v) is 6.85. The number of nitrogens with one attached hydrogen (secondary N) is 1. The Hall–Kier alpha value is -1.77. The Morgan fingerprint density at radius 1 is 0.931 bits per heavy atom. The summed E-state index contributed by atoms with van der Waals surface area (Å²) in [6.45, 7) is 0.807. The van der Waals surface area contributed by atoms with E-state index >= 15 is 0 Å². The molecule has 0 radical (unpaired) electrons. The van der Waals surface area contributed by atoms with Crippen molar-refractivity contribution in [3.8, 4) is 0 Å². The Morgan fingerprint density at radius 2 is 1.55 bits per heavy atom. The van der Waals surface area contributed by atoms with E-state index in [4.69, 9.17) is 4.84 Å². The lowest BCUT2D eigenvalue weighted by molar-refractivity contribution is 0.0519. The van der Waals surface area contributed by atoms with Crippen LogP contribution in [0.2, 0.25) is 0 Å². The Balaban J connectivity index is 1.28. The van der Waals surface area contributed by atoms with E-state index in [9.17, 15) is 18.0 Å². The molecule has 29 heavy (non-hydrogen) atoms. The summed E-state index contributed by atoms with van der Waals surface area (Å²) < 4.78 is 24.0. The molecule has 0 bridgehead atoms. The van der Waals surface area contributed by atoms with Crippen LogP contribution in [0.5, 0.6) is 0 Å². The van der Waals surface area contributed by atoms with Gasteiger partial charge < -0.3 is 0 Å². The van der Waals surface area contributed by atoms with Gasteiger partial charge in [0.15, 0.2) is 0 Å². The highest BCUT2D eigenvalue weighted by molar-refractivity contribution is 7.89. The van der Waals surface area contributed by atoms with E-state index in [0.29, 0.717) is 49.5 Å². The van der Waals surface area contributed by atoms with Crippen molar-refractivity contribution < 1.29 is 22.8 Å². The minimum Gasteiger partial charge on any atom is -0.287 e. The number of hydrogen-bond donors (Lipinski definition) is 1. The number of sulfonamides is 1. The van der Waals surface area contributed by atoms with Crippen LogP contribution < -0.4 is 4.89 Å². The quantitative estimate of drug-likeness (QED) is 0.336. The van der Waals surface area contributed by atoms with Crippen molar-refractivity contribution >= 4 is 21.8 Å². The lowest BCUT2D eigenvalue weighted by Crippen LogP contribution is -2.30. The summed E-state index contributed by atoms with van der Waals surface area (Å²) in [5.74, 6) is -0.0152. The van der Waals surface area contributed by atoms with Gasteiger partial charge in [-0.1, -0.05) is 49.1 Å². The molecule has 0 saturated heterocycles. The predicted molar refractivity (Wildman–Crippen MR) is 110 cm³/mol. The molecule has 1 N–H and O–H groups in total. The Kier molecular flexibility index (Phi) is 7.80. The second-order valence-electron chi connectivity index (χ2n) is 7.94. The van der Waals surface area contributed by atoms with Gasteiger partial charge in [0.25, 0.3) is 11.8 Å². The molecule has 1 aliphatic carbocycles. The Labute approximate surface area is 172 Å². The fourth-order valence-electron chi connectivity index (χ4n) is 3.99. The average molecular weight is 423 g/mol. The second kappa shape index (κ2) is 10.3. The van der Waals surface area contributed by atoms with Crippen molar-refractivity contribution in [3.63, 3.8) is 0 Å². The van der Waals surface area contributed by atoms with Gasteiger partial charge >= 0.3 is 0 Å². The van der Waals surface area contributed by atoms with E-state index in [1.165, 1.54) is 24.2 Å². The maximum atomic E-state index is 12.3. The number of fused-ring (bicyclic) bond motifs is 1. The molecule has 0 spiro atoms. The normalized spacial score (nSPS) is 17.7. The molecule has 2 aliphatic rings. The van der Waals surface area contributed by atoms with E-state index in [1.807, 2.05) is 0 Å². The van der Waals surface area contributed by atoms with Crippen molar-refractivity contribution in [3.05, 3.63) is 35.4 Å². The van der Waals surface area contributed by atoms with Gasteiger partial charge in [-0.3, -0.25) is 19.3 Å². The zero-order valence-electron chi connectivity index (χ0n) is 16.8. The maximum Gasteiger partial charge on any atom is 0.261 e. The zero-order valence-corrected chi connectivity index (χ0v) is 17.6. The van der Waals surface area contributed by atoms with Crippen LogP contribution >= 0.6 is 0 Å². The smallest absolute Gasteiger partial charge is 0.261 e. The van der Waals surface area contributed by atoms with Gasteiger partial charge in [0.05, 0.1) is 23.5 Å². The molecule has 0 atom stereocenters. The van der Waals surface area contributed by atoms with Gasteiger partial charge in [-0.25, -0.2) is 8.42 Å². The molecule has 8 heteroatoms. The Bertz CT molecular complexity index is 783. The molecule has 1 aliphatic heterocycles. The number of hydrogen-bond acceptors (Lipinski definition) is 5. The summed E-state index contributed by atoms with van der Waals surface area (Å²) in [6, 6.07) is 6.84. The summed E-state index contributed by atoms with van der Waals surface area (Å²) in [6.07, 6.45) is 8.52. The highest BCUT2D eigenvalue weighted by Crippen LogP contribution is 2.24. The molecule has 1 aromatic rings. The molecule has 0 unspecified atom stereocenters. The van der Waals surface area contributed by atoms with Crippen LogP contribution in [0.15, 0.2) is 24.3 Å². The number of unbranched alkanes of at least 4 members (excludes halogenated alkanes) is 3. The minimum atomic E-state index is -3.43. The van der Waals surface area contributed by atoms with Crippen molar-refractivity contribution in [1.29, 1.82) is 0 Å². The first kappa shape index (κ1) is 21.9. The van der Waals surface area contributed by atoms with Crippen LogP contribution in [0.1, 0.15) is 78.5 Å². The van der Waals surface area contributed by atoms with E-state index in [2.05, 4.69) is 4.89 Å². The zero-order chi connectivity index (χ0) is 20.7. The number of rotatable bonds is 11. The highest BCUT2D eigenvalue weighted by atomic mass is 32.2. The standard InChI is InChI=1S/C21H30N2O5S/c24-20-18-12-6-7-13-19(18)21(25)23(20)14-8-1-2-9-15-29(26,27)22-28-16-17-10-4-3-5-11-17/h6-7,12-13,17,22H,1-5,8-11,14-16H2. The van der Waals surface area contributed by atoms with Crippen molar-refractivity contribution in [2.45, 2.75) is 57.8 Å². The fraction of sp³-hybridized carbons (Fsp3) is 0.619. The summed E-state index contributed by atoms with van der Waals surface area (Å²) in [7, 11) is -3.43. The van der Waals surface area contributed by atoms with Gasteiger partial charge in [0.2, 0.25) is 10.0 Å². The van der Waals surface area contributed by atoms with Gasteiger partial charge in [-0.05, 0) is 43.7 Å². The average Bonchev–Trinajstić information content (AvgIpc) is 2.96. The first-order valence-corrected chi connectivity index (χ1v) is 12.2. The SMILES string of the molecule is O=C1c2ccccc2C(=O)N1CCCCCCS(=O)(=O)NOCC1CCCCC1. The molecule has 1 saturated carbocycles. The van der Waals surface area contributed by atoms with Crippen molar-refractivity contribution in [2.24, 2.45) is 5.92 Å². The van der Waals surface area contributed by atoms with Gasteiger partial charge in [-0.15, -0.1) is 0 Å². The second-order valence-corrected chi connectivity index (χ2v) is 9.74. The largest absolute Gasteiger partial charge is 0.287 e. The summed E-state index contributed by atoms with van der Waals surface area (Å²) >= 11 is 0. The molecule has 160 valence electrons. The molecule has 3 rings (SSSR count). The molecular formula is C21H30N2O5S. The summed E-state index contributed by atoms with van der Waals surface area (Å²) in [5, 5.41) is 0. The predicted octanol–water partition coefficient (Wildman–Crippen LogP) is 3.27. The van der Waals surface area contributed by atoms with Crippen LogP contribution in [0.25, 0.3) is 0 Å². The number of carbonyl (C=O) groups is 2. The maximum absolute atomic E-state index is 12.3. The number of nitrogens with zero attached hydrogens (tertiary/aromatic N) is 1. The van der Waals surface area contributed by atoms with Crippen LogP contribution in [-0.2, 0) is 14.9 Å². The number of amides is 2. The first-order chi connectivity index (χ1) is 14.0. The molecule has 7 nitrogen and oxygen atoms in total. The third-order valence-electron chi connectivity index (χ3n) is 5.65. The molecule has 1 heterocycles. The summed E-state index contributed by atoms with van der Waals surface area (Å²) in [4.78, 5) is 33.3. The molecular weight excluding hydrogens is 392 g/mol. The van der Waals surface area contributed by atoms with Crippen molar-refractivity contribution in [2.75, 3.05) is 18.9 Å². The molecule has 1 aromatic carbocycles. The van der Waals surface area contributed by atoms with Gasteiger partial charge in [0, 0.05) is 6.54 Å². The van der Waals surface area contributed by atoms with E-state index in [0.717, 1.165) is 19.3 Å². The monoisotopic (exact) mass is 422 g/mol. The number of benzene rings is 1. The number of imide groups is 1. The lowest BCUT2D eigenvalue weighted by Gasteiger charge is -2.21. The lowest BCUT2D eigenvalue weighted by atomic mass is 9.90. The fourth-order valence-corrected chi connectivity index (χ4v) is 4.91. The Morgan fingerprint density at radius 3 is 2.21 bits per heavy atom. The van der Waals surface area contributed by atoms with Crippen LogP contribution in [0.3, 0.4) is 0 Å². The van der Waals surface area contributed by atoms with Crippen LogP contribution in [-0.4, -0.2) is 44.0 Å². The molecule has 1 fully saturated rings. The van der Waals surface area contributed by atoms with Gasteiger partial charge in [-0.2, -0.15) is 0 Å². The van der Waals surface area contributed by atoms with E-state index in [1.54, 1.807) is 24.3 Å². The minimum absolute atomic E-state index is 0.0185.